The van der Waals surface area contributed by atoms with E-state index in [1.807, 2.05) is 18.2 Å². The van der Waals surface area contributed by atoms with Gasteiger partial charge in [-0.3, -0.25) is 9.89 Å². The number of amides is 1. The van der Waals surface area contributed by atoms with E-state index in [9.17, 15) is 9.59 Å². The summed E-state index contributed by atoms with van der Waals surface area (Å²) in [5.74, 6) is -0.786. The van der Waals surface area contributed by atoms with Crippen LogP contribution in [-0.4, -0.2) is 39.2 Å². The number of aromatic nitrogens is 4. The van der Waals surface area contributed by atoms with Gasteiger partial charge in [0.05, 0.1) is 29.3 Å². The van der Waals surface area contributed by atoms with Gasteiger partial charge in [-0.2, -0.15) is 5.10 Å². The molecule has 0 bridgehead atoms. The number of aryl methyl sites for hydroxylation is 2. The molecule has 0 spiro atoms. The average molecular weight is 448 g/mol. The minimum absolute atomic E-state index is 0.264. The first kappa shape index (κ1) is 20.3. The van der Waals surface area contributed by atoms with Crippen molar-refractivity contribution in [1.82, 2.24) is 25.5 Å². The van der Waals surface area contributed by atoms with E-state index in [1.165, 1.54) is 35.2 Å². The lowest BCUT2D eigenvalue weighted by atomic mass is 9.99. The van der Waals surface area contributed by atoms with Crippen LogP contribution in [0.4, 0.5) is 0 Å². The smallest absolute Gasteiger partial charge is 0.333 e. The van der Waals surface area contributed by atoms with Gasteiger partial charge in [-0.1, -0.05) is 24.3 Å². The number of hydrogen-bond acceptors (Lipinski definition) is 7. The van der Waals surface area contributed by atoms with Crippen LogP contribution in [0.1, 0.15) is 44.6 Å². The fourth-order valence-electron chi connectivity index (χ4n) is 4.03. The van der Waals surface area contributed by atoms with Crippen LogP contribution >= 0.6 is 11.3 Å². The minimum atomic E-state index is -0.903. The van der Waals surface area contributed by atoms with Crippen LogP contribution < -0.4 is 5.32 Å². The summed E-state index contributed by atoms with van der Waals surface area (Å²) in [5.41, 5.74) is 4.12. The number of aromatic amines is 1. The fourth-order valence-corrected chi connectivity index (χ4v) is 5.19. The molecule has 1 amide bonds. The van der Waals surface area contributed by atoms with Crippen molar-refractivity contribution < 1.29 is 14.3 Å². The van der Waals surface area contributed by atoms with Gasteiger partial charge in [-0.05, 0) is 42.9 Å². The molecule has 3 aromatic heterocycles. The van der Waals surface area contributed by atoms with Crippen molar-refractivity contribution in [3.05, 3.63) is 63.7 Å². The summed E-state index contributed by atoms with van der Waals surface area (Å²) < 4.78 is 4.96. The first-order valence-corrected chi connectivity index (χ1v) is 11.2. The van der Waals surface area contributed by atoms with Crippen molar-refractivity contribution in [2.24, 2.45) is 0 Å². The maximum Gasteiger partial charge on any atom is 0.333 e. The molecule has 0 radical (unpaired) electrons. The highest BCUT2D eigenvalue weighted by molar-refractivity contribution is 7.14. The molecule has 0 saturated carbocycles. The summed E-state index contributed by atoms with van der Waals surface area (Å²) >= 11 is 1.51. The monoisotopic (exact) mass is 447 g/mol. The molecule has 162 valence electrons. The Morgan fingerprint density at radius 3 is 2.75 bits per heavy atom. The molecule has 0 fully saturated rings. The number of benzene rings is 1. The number of hydrogen-bond donors (Lipinski definition) is 2. The Labute approximate surface area is 188 Å². The van der Waals surface area contributed by atoms with E-state index in [0.29, 0.717) is 16.1 Å². The van der Waals surface area contributed by atoms with Gasteiger partial charge in [0.15, 0.2) is 11.7 Å². The standard InChI is InChI=1S/C23H21N5O3S/c1-31-23(30)20(27-22(29)18-10-15-4-2-3-5-17(15)32-18)14-8-6-13(7-9-14)19-16-11-26-28-21(16)25-12-24-19/h6-12,20H,2-5H2,1H3,(H,27,29)(H,24,25,26,28). The van der Waals surface area contributed by atoms with Gasteiger partial charge in [-0.15, -0.1) is 11.3 Å². The molecule has 4 aromatic rings. The molecule has 3 heterocycles. The number of H-pyrrole nitrogens is 1. The number of carbonyl (C=O) groups is 2. The van der Waals surface area contributed by atoms with Crippen LogP contribution in [0.15, 0.2) is 42.9 Å². The van der Waals surface area contributed by atoms with E-state index < -0.39 is 12.0 Å². The molecule has 9 heteroatoms. The highest BCUT2D eigenvalue weighted by Gasteiger charge is 2.26. The van der Waals surface area contributed by atoms with Gasteiger partial charge in [0.2, 0.25) is 0 Å². The maximum atomic E-state index is 12.9. The van der Waals surface area contributed by atoms with Crippen LogP contribution in [0.5, 0.6) is 0 Å². The molecule has 2 N–H and O–H groups in total. The molecule has 0 aliphatic heterocycles. The SMILES string of the molecule is COC(=O)C(NC(=O)c1cc2c(s1)CCCC2)c1ccc(-c2ncnc3[nH]ncc23)cc1. The lowest BCUT2D eigenvalue weighted by molar-refractivity contribution is -0.143. The molecule has 1 unspecified atom stereocenters. The second kappa shape index (κ2) is 8.51. The topological polar surface area (TPSA) is 110 Å². The van der Waals surface area contributed by atoms with Gasteiger partial charge in [0.1, 0.15) is 6.33 Å². The normalized spacial score (nSPS) is 14.0. The van der Waals surface area contributed by atoms with E-state index in [4.69, 9.17) is 4.74 Å². The number of ether oxygens (including phenoxy) is 1. The second-order valence-corrected chi connectivity index (χ2v) is 8.81. The van der Waals surface area contributed by atoms with Gasteiger partial charge in [0.25, 0.3) is 5.91 Å². The van der Waals surface area contributed by atoms with Crippen LogP contribution in [0.2, 0.25) is 0 Å². The predicted octanol–water partition coefficient (Wildman–Crippen LogP) is 3.60. The highest BCUT2D eigenvalue weighted by Crippen LogP contribution is 2.30. The van der Waals surface area contributed by atoms with Crippen molar-refractivity contribution in [3.8, 4) is 11.3 Å². The molecule has 0 saturated heterocycles. The summed E-state index contributed by atoms with van der Waals surface area (Å²) in [6, 6.07) is 8.36. The van der Waals surface area contributed by atoms with Crippen molar-refractivity contribution in [3.63, 3.8) is 0 Å². The van der Waals surface area contributed by atoms with Gasteiger partial charge in [0, 0.05) is 10.4 Å². The van der Waals surface area contributed by atoms with Crippen molar-refractivity contribution in [1.29, 1.82) is 0 Å². The van der Waals surface area contributed by atoms with Crippen molar-refractivity contribution in [2.75, 3.05) is 7.11 Å². The van der Waals surface area contributed by atoms with E-state index in [1.54, 1.807) is 18.3 Å². The zero-order chi connectivity index (χ0) is 22.1. The highest BCUT2D eigenvalue weighted by atomic mass is 32.1. The van der Waals surface area contributed by atoms with E-state index in [0.717, 1.165) is 42.3 Å². The molecule has 1 atom stereocenters. The quantitative estimate of drug-likeness (QED) is 0.452. The van der Waals surface area contributed by atoms with Crippen LogP contribution in [-0.2, 0) is 22.4 Å². The van der Waals surface area contributed by atoms with Crippen LogP contribution in [0.3, 0.4) is 0 Å². The molecule has 1 aliphatic carbocycles. The van der Waals surface area contributed by atoms with Crippen molar-refractivity contribution >= 4 is 34.2 Å². The Morgan fingerprint density at radius 2 is 1.97 bits per heavy atom. The summed E-state index contributed by atoms with van der Waals surface area (Å²) in [6.45, 7) is 0. The Kier molecular flexibility index (Phi) is 5.40. The molecule has 32 heavy (non-hydrogen) atoms. The summed E-state index contributed by atoms with van der Waals surface area (Å²) in [6.07, 6.45) is 7.48. The van der Waals surface area contributed by atoms with E-state index in [2.05, 4.69) is 25.5 Å². The average Bonchev–Trinajstić information content (AvgIpc) is 3.49. The van der Waals surface area contributed by atoms with E-state index in [-0.39, 0.29) is 5.91 Å². The lowest BCUT2D eigenvalue weighted by Gasteiger charge is -2.17. The van der Waals surface area contributed by atoms with Gasteiger partial charge < -0.3 is 10.1 Å². The van der Waals surface area contributed by atoms with Crippen molar-refractivity contribution in [2.45, 2.75) is 31.7 Å². The molecule has 1 aliphatic rings. The first-order chi connectivity index (χ1) is 15.6. The Bertz CT molecular complexity index is 1270. The maximum absolute atomic E-state index is 12.9. The third-order valence-corrected chi connectivity index (χ3v) is 6.93. The van der Waals surface area contributed by atoms with Crippen LogP contribution in [0, 0.1) is 0 Å². The zero-order valence-corrected chi connectivity index (χ0v) is 18.2. The summed E-state index contributed by atoms with van der Waals surface area (Å²) in [4.78, 5) is 35.9. The summed E-state index contributed by atoms with van der Waals surface area (Å²) in [7, 11) is 1.32. The number of thiophene rings is 1. The number of nitrogens with zero attached hydrogens (tertiary/aromatic N) is 3. The van der Waals surface area contributed by atoms with Crippen LogP contribution in [0.25, 0.3) is 22.3 Å². The minimum Gasteiger partial charge on any atom is -0.467 e. The molecular weight excluding hydrogens is 426 g/mol. The number of carbonyl (C=O) groups excluding carboxylic acids is 2. The Hall–Kier alpha value is -3.59. The largest absolute Gasteiger partial charge is 0.467 e. The predicted molar refractivity (Wildman–Crippen MR) is 120 cm³/mol. The molecule has 5 rings (SSSR count). The van der Waals surface area contributed by atoms with Gasteiger partial charge in [-0.25, -0.2) is 14.8 Å². The third-order valence-electron chi connectivity index (χ3n) is 5.70. The molecule has 8 nitrogen and oxygen atoms in total. The summed E-state index contributed by atoms with van der Waals surface area (Å²) in [5, 5.41) is 10.5. The fraction of sp³-hybridized carbons (Fsp3) is 0.261. The van der Waals surface area contributed by atoms with Gasteiger partial charge >= 0.3 is 5.97 Å². The Balaban J connectivity index is 1.41. The van der Waals surface area contributed by atoms with E-state index >= 15 is 0 Å². The first-order valence-electron chi connectivity index (χ1n) is 10.4. The lowest BCUT2D eigenvalue weighted by Crippen LogP contribution is -2.34. The number of esters is 1. The second-order valence-electron chi connectivity index (χ2n) is 7.67. The number of fused-ring (bicyclic) bond motifs is 2. The number of rotatable bonds is 5. The zero-order valence-electron chi connectivity index (χ0n) is 17.4. The number of nitrogens with one attached hydrogen (secondary N) is 2. The number of methoxy groups -OCH3 is 1. The Morgan fingerprint density at radius 1 is 1.16 bits per heavy atom. The third kappa shape index (κ3) is 3.75. The molecule has 1 aromatic carbocycles. The molecular formula is C23H21N5O3S.